The minimum Gasteiger partial charge on any atom is -0.360 e. The maximum absolute atomic E-state index is 13.6. The molecule has 3 heteroatoms. The molecular formula is C23H24N2O. The standard InChI is InChI=1S/C23H24N2O/c1-5-13-6-7-16-15(10-13)20(26)19-21(22(16,2)3)25-18-11-14(17-12-24-17)8-9-23(18,19)4/h6-8,10-12,17,25H,5,9H2,1-4H3. The van der Waals surface area contributed by atoms with Crippen molar-refractivity contribution in [1.82, 2.24) is 5.32 Å². The van der Waals surface area contributed by atoms with Gasteiger partial charge in [0, 0.05) is 39.6 Å². The van der Waals surface area contributed by atoms with E-state index in [0.29, 0.717) is 0 Å². The predicted octanol–water partition coefficient (Wildman–Crippen LogP) is 4.25. The van der Waals surface area contributed by atoms with Gasteiger partial charge in [-0.2, -0.15) is 0 Å². The highest BCUT2D eigenvalue weighted by Gasteiger charge is 2.52. The van der Waals surface area contributed by atoms with Crippen LogP contribution in [0, 0.1) is 5.41 Å². The summed E-state index contributed by atoms with van der Waals surface area (Å²) in [6, 6.07) is 6.67. The summed E-state index contributed by atoms with van der Waals surface area (Å²) in [5, 5.41) is 3.66. The Morgan fingerprint density at radius 2 is 2.04 bits per heavy atom. The summed E-state index contributed by atoms with van der Waals surface area (Å²) in [6.07, 6.45) is 8.25. The number of aryl methyl sites for hydroxylation is 1. The highest BCUT2D eigenvalue weighted by atomic mass is 16.1. The first kappa shape index (κ1) is 15.8. The Morgan fingerprint density at radius 3 is 2.73 bits per heavy atom. The van der Waals surface area contributed by atoms with Crippen LogP contribution in [0.15, 0.2) is 57.9 Å². The minimum absolute atomic E-state index is 0.197. The number of hydrogen-bond donors (Lipinski definition) is 1. The van der Waals surface area contributed by atoms with Crippen molar-refractivity contribution in [2.75, 3.05) is 0 Å². The van der Waals surface area contributed by atoms with Crippen LogP contribution in [0.5, 0.6) is 0 Å². The van der Waals surface area contributed by atoms with Crippen LogP contribution < -0.4 is 5.32 Å². The second-order valence-corrected chi connectivity index (χ2v) is 8.60. The maximum atomic E-state index is 13.6. The van der Waals surface area contributed by atoms with E-state index in [0.717, 1.165) is 40.9 Å². The lowest BCUT2D eigenvalue weighted by Gasteiger charge is -2.36. The van der Waals surface area contributed by atoms with E-state index in [1.807, 2.05) is 6.21 Å². The molecule has 2 aliphatic carbocycles. The first-order valence-electron chi connectivity index (χ1n) is 9.52. The molecule has 0 saturated carbocycles. The number of fused-ring (bicyclic) bond motifs is 3. The molecule has 1 N–H and O–H groups in total. The Labute approximate surface area is 154 Å². The van der Waals surface area contributed by atoms with E-state index in [1.54, 1.807) is 0 Å². The summed E-state index contributed by atoms with van der Waals surface area (Å²) in [4.78, 5) is 17.9. The van der Waals surface area contributed by atoms with E-state index in [9.17, 15) is 4.79 Å². The molecule has 26 heavy (non-hydrogen) atoms. The molecule has 2 heterocycles. The average molecular weight is 344 g/mol. The van der Waals surface area contributed by atoms with E-state index < -0.39 is 0 Å². The Bertz CT molecular complexity index is 983. The molecule has 0 bridgehead atoms. The lowest BCUT2D eigenvalue weighted by Crippen LogP contribution is -2.35. The Kier molecular flexibility index (Phi) is 2.95. The monoisotopic (exact) mass is 344 g/mol. The summed E-state index contributed by atoms with van der Waals surface area (Å²) >= 11 is 0. The van der Waals surface area contributed by atoms with Crippen LogP contribution in [0.1, 0.15) is 55.6 Å². The van der Waals surface area contributed by atoms with Gasteiger partial charge in [-0.25, -0.2) is 0 Å². The minimum atomic E-state index is -0.262. The number of carbonyl (C=O) groups is 1. The molecule has 0 aromatic heterocycles. The number of carbonyl (C=O) groups excluding carboxylic acids is 1. The Morgan fingerprint density at radius 1 is 1.27 bits per heavy atom. The highest BCUT2D eigenvalue weighted by molar-refractivity contribution is 6.14. The molecule has 1 aromatic carbocycles. The number of rotatable bonds is 2. The number of hydrogen-bond acceptors (Lipinski definition) is 3. The van der Waals surface area contributed by atoms with E-state index >= 15 is 0 Å². The quantitative estimate of drug-likeness (QED) is 0.871. The second-order valence-electron chi connectivity index (χ2n) is 8.60. The van der Waals surface area contributed by atoms with Crippen molar-refractivity contribution in [3.63, 3.8) is 0 Å². The molecule has 0 saturated heterocycles. The van der Waals surface area contributed by atoms with Gasteiger partial charge in [-0.1, -0.05) is 39.0 Å². The normalized spacial score (nSPS) is 30.2. The van der Waals surface area contributed by atoms with Crippen LogP contribution in [0.25, 0.3) is 0 Å². The average Bonchev–Trinajstić information content (AvgIpc) is 3.41. The molecule has 0 radical (unpaired) electrons. The van der Waals surface area contributed by atoms with Gasteiger partial charge >= 0.3 is 0 Å². The van der Waals surface area contributed by atoms with Gasteiger partial charge in [-0.3, -0.25) is 9.79 Å². The van der Waals surface area contributed by atoms with E-state index in [4.69, 9.17) is 0 Å². The van der Waals surface area contributed by atoms with Gasteiger partial charge < -0.3 is 5.32 Å². The van der Waals surface area contributed by atoms with Gasteiger partial charge in [0.05, 0.1) is 0 Å². The number of nitrogens with zero attached hydrogens (tertiary/aromatic N) is 1. The van der Waals surface area contributed by atoms with Crippen molar-refractivity contribution in [2.45, 2.75) is 52.0 Å². The molecule has 2 unspecified atom stereocenters. The van der Waals surface area contributed by atoms with Crippen molar-refractivity contribution in [3.05, 3.63) is 69.6 Å². The largest absolute Gasteiger partial charge is 0.360 e. The first-order valence-corrected chi connectivity index (χ1v) is 9.52. The molecule has 3 nitrogen and oxygen atoms in total. The summed E-state index contributed by atoms with van der Waals surface area (Å²) in [5.41, 5.74) is 7.22. The third kappa shape index (κ3) is 1.89. The fraction of sp³-hybridized carbons (Fsp3) is 0.391. The number of allylic oxidation sites excluding steroid dienone is 3. The Balaban J connectivity index is 1.66. The van der Waals surface area contributed by atoms with Gasteiger partial charge in [-0.05, 0) is 48.6 Å². The summed E-state index contributed by atoms with van der Waals surface area (Å²) in [5.74, 6) is 0.197. The molecule has 4 aliphatic rings. The molecule has 0 fully saturated rings. The Hall–Kier alpha value is -2.42. The molecule has 0 amide bonds. The van der Waals surface area contributed by atoms with E-state index in [1.165, 1.54) is 11.1 Å². The van der Waals surface area contributed by atoms with Gasteiger partial charge in [0.1, 0.15) is 6.04 Å². The summed E-state index contributed by atoms with van der Waals surface area (Å²) in [7, 11) is 0. The van der Waals surface area contributed by atoms with Crippen LogP contribution in [0.4, 0.5) is 0 Å². The fourth-order valence-electron chi connectivity index (χ4n) is 4.77. The molecule has 132 valence electrons. The van der Waals surface area contributed by atoms with Crippen molar-refractivity contribution < 1.29 is 4.79 Å². The van der Waals surface area contributed by atoms with E-state index in [-0.39, 0.29) is 22.7 Å². The molecule has 2 aliphatic heterocycles. The lowest BCUT2D eigenvalue weighted by atomic mass is 9.65. The molecule has 5 rings (SSSR count). The fourth-order valence-corrected chi connectivity index (χ4v) is 4.77. The zero-order valence-electron chi connectivity index (χ0n) is 15.8. The number of ketones is 1. The van der Waals surface area contributed by atoms with Gasteiger partial charge in [0.25, 0.3) is 0 Å². The van der Waals surface area contributed by atoms with Crippen molar-refractivity contribution in [1.29, 1.82) is 0 Å². The topological polar surface area (TPSA) is 41.5 Å². The third-order valence-corrected chi connectivity index (χ3v) is 6.61. The van der Waals surface area contributed by atoms with Crippen LogP contribution in [0.2, 0.25) is 0 Å². The van der Waals surface area contributed by atoms with Crippen molar-refractivity contribution >= 4 is 12.0 Å². The number of aliphatic imine (C=N–C) groups is 1. The van der Waals surface area contributed by atoms with Gasteiger partial charge in [-0.15, -0.1) is 0 Å². The molecule has 1 aromatic rings. The highest BCUT2D eigenvalue weighted by Crippen LogP contribution is 2.55. The lowest BCUT2D eigenvalue weighted by molar-refractivity contribution is 0.100. The SMILES string of the molecule is CCc1ccc2c(c1)C(=O)C1=C(NC3=CC(C4C=N4)=CCC31C)C2(C)C. The zero-order chi connectivity index (χ0) is 18.3. The molecule has 2 atom stereocenters. The smallest absolute Gasteiger partial charge is 0.192 e. The second kappa shape index (κ2) is 4.85. The van der Waals surface area contributed by atoms with E-state index in [2.05, 4.69) is 68.4 Å². The number of benzene rings is 1. The van der Waals surface area contributed by atoms with Crippen LogP contribution in [0.3, 0.4) is 0 Å². The van der Waals surface area contributed by atoms with Gasteiger partial charge in [0.2, 0.25) is 0 Å². The van der Waals surface area contributed by atoms with Crippen LogP contribution in [-0.4, -0.2) is 18.0 Å². The van der Waals surface area contributed by atoms with Crippen LogP contribution >= 0.6 is 0 Å². The molecule has 0 spiro atoms. The zero-order valence-corrected chi connectivity index (χ0v) is 15.8. The van der Waals surface area contributed by atoms with Crippen molar-refractivity contribution in [2.24, 2.45) is 10.4 Å². The van der Waals surface area contributed by atoms with Crippen LogP contribution in [-0.2, 0) is 11.8 Å². The first-order chi connectivity index (χ1) is 12.4. The number of nitrogens with one attached hydrogen (secondary N) is 1. The maximum Gasteiger partial charge on any atom is 0.192 e. The summed E-state index contributed by atoms with van der Waals surface area (Å²) in [6.45, 7) is 8.80. The predicted molar refractivity (Wildman–Crippen MR) is 105 cm³/mol. The summed E-state index contributed by atoms with van der Waals surface area (Å²) < 4.78 is 0. The number of Topliss-reactive ketones (excluding diaryl/α,β-unsaturated/α-hetero) is 1. The van der Waals surface area contributed by atoms with Crippen molar-refractivity contribution in [3.8, 4) is 0 Å². The molecular weight excluding hydrogens is 320 g/mol. The van der Waals surface area contributed by atoms with Gasteiger partial charge in [0.15, 0.2) is 5.78 Å². The third-order valence-electron chi connectivity index (χ3n) is 6.61.